The zero-order valence-corrected chi connectivity index (χ0v) is 22.8. The van der Waals surface area contributed by atoms with Crippen molar-refractivity contribution < 1.29 is 14.3 Å². The summed E-state index contributed by atoms with van der Waals surface area (Å²) >= 11 is 6.75. The van der Waals surface area contributed by atoms with Crippen molar-refractivity contribution in [1.29, 1.82) is 0 Å². The van der Waals surface area contributed by atoms with Gasteiger partial charge in [-0.1, -0.05) is 29.8 Å². The average Bonchev–Trinajstić information content (AvgIpc) is 3.08. The van der Waals surface area contributed by atoms with E-state index in [1.807, 2.05) is 42.5 Å². The molecule has 3 aromatic carbocycles. The van der Waals surface area contributed by atoms with E-state index < -0.39 is 5.97 Å². The Hall–Kier alpha value is -1.47. The molecule has 156 valence electrons. The Morgan fingerprint density at radius 3 is 2.39 bits per heavy atom. The third-order valence-electron chi connectivity index (χ3n) is 4.50. The molecule has 1 aliphatic heterocycles. The second-order valence-electron chi connectivity index (χ2n) is 6.93. The number of aliphatic imine (C=N–C) groups is 1. The highest BCUT2D eigenvalue weighted by atomic mass is 127. The molecular weight excluding hydrogens is 731 g/mol. The minimum atomic E-state index is -0.446. The number of halogens is 3. The zero-order valence-electron chi connectivity index (χ0n) is 16.4. The molecule has 7 heteroatoms. The first kappa shape index (κ1) is 22.7. The third kappa shape index (κ3) is 5.67. The van der Waals surface area contributed by atoms with E-state index in [2.05, 4.69) is 97.9 Å². The smallest absolute Gasteiger partial charge is 0.363 e. The summed E-state index contributed by atoms with van der Waals surface area (Å²) in [7, 11) is 0. The van der Waals surface area contributed by atoms with Gasteiger partial charge in [-0.05, 0) is 128 Å². The first-order valence-electron chi connectivity index (χ1n) is 9.35. The largest absolute Gasteiger partial charge is 0.487 e. The molecule has 0 aromatic heterocycles. The molecule has 0 amide bonds. The van der Waals surface area contributed by atoms with Gasteiger partial charge in [-0.2, -0.15) is 0 Å². The standard InChI is InChI=1S/C24H16I3NO3/c1-14-3-2-4-15(9-14)13-30-22-19(26)10-16(11-20(22)27)12-21-24(29)31-23(28-21)17-5-7-18(25)8-6-17/h2-12H,13H2,1H3/b21-12-. The number of esters is 1. The number of ether oxygens (including phenoxy) is 2. The van der Waals surface area contributed by atoms with Crippen molar-refractivity contribution in [2.45, 2.75) is 13.5 Å². The quantitative estimate of drug-likeness (QED) is 0.165. The molecule has 0 fully saturated rings. The van der Waals surface area contributed by atoms with Gasteiger partial charge >= 0.3 is 5.97 Å². The van der Waals surface area contributed by atoms with Crippen molar-refractivity contribution in [3.05, 3.63) is 99.3 Å². The number of hydrogen-bond donors (Lipinski definition) is 0. The SMILES string of the molecule is Cc1cccc(COc2c(I)cc(/C=C3\N=C(c4ccc(I)cc4)OC3=O)cc2I)c1. The molecular formula is C24H16I3NO3. The molecule has 0 radical (unpaired) electrons. The predicted molar refractivity (Wildman–Crippen MR) is 147 cm³/mol. The van der Waals surface area contributed by atoms with Crippen molar-refractivity contribution in [2.24, 2.45) is 4.99 Å². The van der Waals surface area contributed by atoms with Crippen LogP contribution in [0.15, 0.2) is 71.4 Å². The highest BCUT2D eigenvalue weighted by Gasteiger charge is 2.24. The molecule has 0 spiro atoms. The Morgan fingerprint density at radius 1 is 1.00 bits per heavy atom. The normalized spacial score (nSPS) is 14.5. The van der Waals surface area contributed by atoms with Gasteiger partial charge in [0.1, 0.15) is 12.4 Å². The van der Waals surface area contributed by atoms with Crippen LogP contribution in [0.1, 0.15) is 22.3 Å². The maximum atomic E-state index is 12.3. The fourth-order valence-electron chi connectivity index (χ4n) is 3.04. The van der Waals surface area contributed by atoms with E-state index in [4.69, 9.17) is 9.47 Å². The van der Waals surface area contributed by atoms with Crippen molar-refractivity contribution in [3.8, 4) is 5.75 Å². The number of nitrogens with zero attached hydrogens (tertiary/aromatic N) is 1. The highest BCUT2D eigenvalue weighted by molar-refractivity contribution is 14.1. The van der Waals surface area contributed by atoms with Gasteiger partial charge in [0.25, 0.3) is 0 Å². The van der Waals surface area contributed by atoms with Crippen LogP contribution >= 0.6 is 67.8 Å². The summed E-state index contributed by atoms with van der Waals surface area (Å²) in [4.78, 5) is 16.7. The summed E-state index contributed by atoms with van der Waals surface area (Å²) in [6.45, 7) is 2.57. The molecule has 1 aliphatic rings. The Labute approximate surface area is 221 Å². The Bertz CT molecular complexity index is 1190. The van der Waals surface area contributed by atoms with Crippen LogP contribution in [0.3, 0.4) is 0 Å². The molecule has 0 atom stereocenters. The molecule has 0 unspecified atom stereocenters. The van der Waals surface area contributed by atoms with E-state index >= 15 is 0 Å². The van der Waals surface area contributed by atoms with Crippen LogP contribution in [0.4, 0.5) is 0 Å². The first-order chi connectivity index (χ1) is 14.9. The van der Waals surface area contributed by atoms with E-state index in [0.29, 0.717) is 12.5 Å². The Morgan fingerprint density at radius 2 is 1.71 bits per heavy atom. The molecule has 4 rings (SSSR count). The zero-order chi connectivity index (χ0) is 22.0. The van der Waals surface area contributed by atoms with Crippen LogP contribution in [-0.2, 0) is 16.1 Å². The van der Waals surface area contributed by atoms with E-state index in [1.165, 1.54) is 5.56 Å². The number of rotatable bonds is 5. The third-order valence-corrected chi connectivity index (χ3v) is 6.82. The fourth-order valence-corrected chi connectivity index (χ4v) is 5.53. The number of cyclic esters (lactones) is 1. The van der Waals surface area contributed by atoms with Crippen molar-refractivity contribution in [3.63, 3.8) is 0 Å². The summed E-state index contributed by atoms with van der Waals surface area (Å²) in [5.41, 5.74) is 4.27. The maximum Gasteiger partial charge on any atom is 0.363 e. The van der Waals surface area contributed by atoms with E-state index in [0.717, 1.165) is 33.2 Å². The number of carbonyl (C=O) groups is 1. The lowest BCUT2D eigenvalue weighted by Crippen LogP contribution is -2.05. The molecule has 3 aromatic rings. The maximum absolute atomic E-state index is 12.3. The minimum Gasteiger partial charge on any atom is -0.487 e. The van der Waals surface area contributed by atoms with Gasteiger partial charge in [0.15, 0.2) is 5.70 Å². The molecule has 31 heavy (non-hydrogen) atoms. The van der Waals surface area contributed by atoms with Crippen molar-refractivity contribution in [2.75, 3.05) is 0 Å². The molecule has 0 N–H and O–H groups in total. The van der Waals surface area contributed by atoms with E-state index in [1.54, 1.807) is 6.08 Å². The van der Waals surface area contributed by atoms with Crippen LogP contribution in [0.25, 0.3) is 6.08 Å². The fraction of sp³-hybridized carbons (Fsp3) is 0.0833. The lowest BCUT2D eigenvalue weighted by molar-refractivity contribution is -0.129. The topological polar surface area (TPSA) is 47.9 Å². The van der Waals surface area contributed by atoms with Gasteiger partial charge in [0.05, 0.1) is 7.14 Å². The monoisotopic (exact) mass is 747 g/mol. The van der Waals surface area contributed by atoms with Gasteiger partial charge < -0.3 is 9.47 Å². The summed E-state index contributed by atoms with van der Waals surface area (Å²) in [5.74, 6) is 0.718. The van der Waals surface area contributed by atoms with Gasteiger partial charge in [0, 0.05) is 9.13 Å². The Kier molecular flexibility index (Phi) is 7.32. The van der Waals surface area contributed by atoms with Crippen LogP contribution in [0.2, 0.25) is 0 Å². The van der Waals surface area contributed by atoms with Crippen LogP contribution in [-0.4, -0.2) is 11.9 Å². The molecule has 0 aliphatic carbocycles. The number of aryl methyl sites for hydroxylation is 1. The van der Waals surface area contributed by atoms with Crippen LogP contribution in [0.5, 0.6) is 5.75 Å². The number of carbonyl (C=O) groups excluding carboxylic acids is 1. The number of benzene rings is 3. The Balaban J connectivity index is 1.55. The first-order valence-corrected chi connectivity index (χ1v) is 12.6. The van der Waals surface area contributed by atoms with E-state index in [-0.39, 0.29) is 5.70 Å². The summed E-state index contributed by atoms with van der Waals surface area (Å²) in [5, 5.41) is 0. The number of hydrogen-bond acceptors (Lipinski definition) is 4. The molecule has 0 saturated heterocycles. The molecule has 0 bridgehead atoms. The van der Waals surface area contributed by atoms with Crippen LogP contribution in [0, 0.1) is 17.6 Å². The summed E-state index contributed by atoms with van der Waals surface area (Å²) < 4.78 is 14.5. The molecule has 1 heterocycles. The van der Waals surface area contributed by atoms with Crippen molar-refractivity contribution in [1.82, 2.24) is 0 Å². The lowest BCUT2D eigenvalue weighted by Gasteiger charge is -2.12. The van der Waals surface area contributed by atoms with Crippen molar-refractivity contribution >= 4 is 85.7 Å². The predicted octanol–water partition coefficient (Wildman–Crippen LogP) is 6.73. The summed E-state index contributed by atoms with van der Waals surface area (Å²) in [6.07, 6.45) is 1.75. The van der Waals surface area contributed by atoms with Gasteiger partial charge in [-0.25, -0.2) is 9.79 Å². The van der Waals surface area contributed by atoms with Gasteiger partial charge in [0.2, 0.25) is 5.90 Å². The minimum absolute atomic E-state index is 0.286. The summed E-state index contributed by atoms with van der Waals surface area (Å²) in [6, 6.07) is 19.9. The molecule has 0 saturated carbocycles. The van der Waals surface area contributed by atoms with Gasteiger partial charge in [-0.15, -0.1) is 0 Å². The van der Waals surface area contributed by atoms with E-state index in [9.17, 15) is 4.79 Å². The van der Waals surface area contributed by atoms with Crippen LogP contribution < -0.4 is 4.74 Å². The second-order valence-corrected chi connectivity index (χ2v) is 10.5. The second kappa shape index (κ2) is 9.99. The molecule has 4 nitrogen and oxygen atoms in total. The average molecular weight is 747 g/mol. The highest BCUT2D eigenvalue weighted by Crippen LogP contribution is 2.31. The van der Waals surface area contributed by atoms with Gasteiger partial charge in [-0.3, -0.25) is 0 Å². The lowest BCUT2D eigenvalue weighted by atomic mass is 10.1.